The van der Waals surface area contributed by atoms with Crippen LogP contribution in [0.2, 0.25) is 0 Å². The molecule has 0 bridgehead atoms. The first-order valence-corrected chi connectivity index (χ1v) is 10.7. The predicted molar refractivity (Wildman–Crippen MR) is 116 cm³/mol. The number of thiazole rings is 1. The molecule has 154 valence electrons. The van der Waals surface area contributed by atoms with Crippen LogP contribution in [-0.2, 0) is 6.54 Å². The number of hydrogen-bond acceptors (Lipinski definition) is 5. The molecule has 2 aromatic carbocycles. The molecule has 1 aliphatic heterocycles. The SMILES string of the molecule is C#CCn1c(=NC(=O)c2cccc(OCCCC)c2)sc2cc3c(cc21)OCCO3. The van der Waals surface area contributed by atoms with E-state index in [1.165, 1.54) is 11.3 Å². The van der Waals surface area contributed by atoms with Gasteiger partial charge in [0, 0.05) is 17.7 Å². The molecule has 0 spiro atoms. The molecule has 1 aliphatic rings. The minimum Gasteiger partial charge on any atom is -0.494 e. The van der Waals surface area contributed by atoms with Crippen LogP contribution in [0, 0.1) is 12.3 Å². The maximum absolute atomic E-state index is 12.9. The maximum atomic E-state index is 12.9. The zero-order valence-electron chi connectivity index (χ0n) is 16.7. The fourth-order valence-electron chi connectivity index (χ4n) is 3.14. The molecule has 0 aliphatic carbocycles. The minimum absolute atomic E-state index is 0.298. The van der Waals surface area contributed by atoms with Gasteiger partial charge in [0.05, 0.1) is 23.4 Å². The highest BCUT2D eigenvalue weighted by Gasteiger charge is 2.17. The highest BCUT2D eigenvalue weighted by atomic mass is 32.1. The van der Waals surface area contributed by atoms with Gasteiger partial charge in [0.25, 0.3) is 5.91 Å². The zero-order valence-corrected chi connectivity index (χ0v) is 17.5. The molecule has 0 unspecified atom stereocenters. The van der Waals surface area contributed by atoms with E-state index in [4.69, 9.17) is 20.6 Å². The number of rotatable bonds is 6. The van der Waals surface area contributed by atoms with Gasteiger partial charge in [0.2, 0.25) is 0 Å². The molecular weight excluding hydrogens is 400 g/mol. The summed E-state index contributed by atoms with van der Waals surface area (Å²) in [4.78, 5) is 17.7. The lowest BCUT2D eigenvalue weighted by Crippen LogP contribution is -2.17. The standard InChI is InChI=1S/C23H22N2O4S/c1-3-5-10-27-17-8-6-7-16(13-17)22(26)24-23-25(9-4-2)18-14-19-20(15-21(18)30-23)29-12-11-28-19/h2,6-8,13-15H,3,5,9-12H2,1H3. The van der Waals surface area contributed by atoms with Crippen LogP contribution in [0.25, 0.3) is 10.2 Å². The Balaban J connectivity index is 1.71. The van der Waals surface area contributed by atoms with Crippen LogP contribution in [0.3, 0.4) is 0 Å². The van der Waals surface area contributed by atoms with Gasteiger partial charge in [-0.2, -0.15) is 4.99 Å². The van der Waals surface area contributed by atoms with Gasteiger partial charge in [-0.15, -0.1) is 6.42 Å². The minimum atomic E-state index is -0.342. The third-order valence-corrected chi connectivity index (χ3v) is 5.68. The Morgan fingerprint density at radius 2 is 2.07 bits per heavy atom. The monoisotopic (exact) mass is 422 g/mol. The number of fused-ring (bicyclic) bond motifs is 2. The van der Waals surface area contributed by atoms with Crippen LogP contribution >= 0.6 is 11.3 Å². The molecule has 0 fully saturated rings. The fourth-order valence-corrected chi connectivity index (χ4v) is 4.18. The van der Waals surface area contributed by atoms with Crippen LogP contribution < -0.4 is 19.0 Å². The molecule has 1 aromatic heterocycles. The smallest absolute Gasteiger partial charge is 0.279 e. The molecular formula is C23H22N2O4S. The molecule has 6 nitrogen and oxygen atoms in total. The number of amides is 1. The summed E-state index contributed by atoms with van der Waals surface area (Å²) < 4.78 is 19.8. The number of carbonyl (C=O) groups is 1. The lowest BCUT2D eigenvalue weighted by molar-refractivity contribution is 0.0997. The van der Waals surface area contributed by atoms with E-state index in [1.54, 1.807) is 18.2 Å². The molecule has 0 N–H and O–H groups in total. The average molecular weight is 423 g/mol. The van der Waals surface area contributed by atoms with Crippen molar-refractivity contribution in [3.8, 4) is 29.6 Å². The molecule has 0 radical (unpaired) electrons. The van der Waals surface area contributed by atoms with Crippen LogP contribution in [0.4, 0.5) is 0 Å². The van der Waals surface area contributed by atoms with E-state index >= 15 is 0 Å². The van der Waals surface area contributed by atoms with E-state index in [2.05, 4.69) is 17.8 Å². The van der Waals surface area contributed by atoms with E-state index in [0.29, 0.717) is 54.0 Å². The van der Waals surface area contributed by atoms with E-state index < -0.39 is 0 Å². The lowest BCUT2D eigenvalue weighted by atomic mass is 10.2. The Labute approximate surface area is 178 Å². The normalized spacial score (nSPS) is 13.3. The number of unbranched alkanes of at least 4 members (excludes halogenated alkanes) is 1. The van der Waals surface area contributed by atoms with Gasteiger partial charge >= 0.3 is 0 Å². The molecule has 0 saturated carbocycles. The van der Waals surface area contributed by atoms with Gasteiger partial charge in [-0.05, 0) is 24.6 Å². The van der Waals surface area contributed by atoms with Gasteiger partial charge in [-0.1, -0.05) is 36.7 Å². The molecule has 3 aromatic rings. The van der Waals surface area contributed by atoms with Crippen molar-refractivity contribution >= 4 is 27.5 Å². The van der Waals surface area contributed by atoms with Crippen molar-refractivity contribution in [3.05, 3.63) is 46.8 Å². The van der Waals surface area contributed by atoms with Crippen LogP contribution in [-0.4, -0.2) is 30.3 Å². The summed E-state index contributed by atoms with van der Waals surface area (Å²) in [7, 11) is 0. The Bertz CT molecular complexity index is 1190. The molecule has 2 heterocycles. The Hall–Kier alpha value is -3.24. The van der Waals surface area contributed by atoms with E-state index in [0.717, 1.165) is 23.1 Å². The van der Waals surface area contributed by atoms with Gasteiger partial charge in [0.15, 0.2) is 16.3 Å². The van der Waals surface area contributed by atoms with Crippen molar-refractivity contribution in [1.29, 1.82) is 0 Å². The number of hydrogen-bond donors (Lipinski definition) is 0. The number of ether oxygens (including phenoxy) is 3. The molecule has 7 heteroatoms. The summed E-state index contributed by atoms with van der Waals surface area (Å²) in [6.07, 6.45) is 7.59. The first kappa shape index (κ1) is 20.0. The summed E-state index contributed by atoms with van der Waals surface area (Å²) in [5.74, 6) is 4.33. The van der Waals surface area contributed by atoms with Gasteiger partial charge in [0.1, 0.15) is 19.0 Å². The Kier molecular flexibility index (Phi) is 6.05. The van der Waals surface area contributed by atoms with Crippen LogP contribution in [0.15, 0.2) is 41.4 Å². The highest BCUT2D eigenvalue weighted by Crippen LogP contribution is 2.35. The van der Waals surface area contributed by atoms with Crippen molar-refractivity contribution < 1.29 is 19.0 Å². The molecule has 0 atom stereocenters. The second-order valence-corrected chi connectivity index (χ2v) is 7.79. The Morgan fingerprint density at radius 3 is 2.83 bits per heavy atom. The summed E-state index contributed by atoms with van der Waals surface area (Å²) >= 11 is 1.39. The lowest BCUT2D eigenvalue weighted by Gasteiger charge is -2.18. The third kappa shape index (κ3) is 4.19. The summed E-state index contributed by atoms with van der Waals surface area (Å²) in [6.45, 7) is 4.04. The fraction of sp³-hybridized carbons (Fsp3) is 0.304. The topological polar surface area (TPSA) is 62.1 Å². The summed E-state index contributed by atoms with van der Waals surface area (Å²) in [6, 6.07) is 10.9. The number of nitrogens with zero attached hydrogens (tertiary/aromatic N) is 2. The highest BCUT2D eigenvalue weighted by molar-refractivity contribution is 7.16. The number of carbonyl (C=O) groups excluding carboxylic acids is 1. The van der Waals surface area contributed by atoms with E-state index in [-0.39, 0.29) is 5.91 Å². The largest absolute Gasteiger partial charge is 0.494 e. The van der Waals surface area contributed by atoms with Crippen molar-refractivity contribution in [2.75, 3.05) is 19.8 Å². The first-order valence-electron chi connectivity index (χ1n) is 9.88. The second-order valence-electron chi connectivity index (χ2n) is 6.79. The van der Waals surface area contributed by atoms with Crippen molar-refractivity contribution in [3.63, 3.8) is 0 Å². The van der Waals surface area contributed by atoms with Gasteiger partial charge < -0.3 is 18.8 Å². The predicted octanol–water partition coefficient (Wildman–Crippen LogP) is 4.03. The summed E-state index contributed by atoms with van der Waals surface area (Å²) in [5.41, 5.74) is 1.34. The van der Waals surface area contributed by atoms with Gasteiger partial charge in [-0.3, -0.25) is 4.79 Å². The van der Waals surface area contributed by atoms with Crippen molar-refractivity contribution in [2.45, 2.75) is 26.3 Å². The van der Waals surface area contributed by atoms with Crippen LogP contribution in [0.5, 0.6) is 17.2 Å². The quantitative estimate of drug-likeness (QED) is 0.445. The summed E-state index contributed by atoms with van der Waals surface area (Å²) in [5, 5.41) is 0. The number of terminal acetylenes is 1. The first-order chi connectivity index (χ1) is 14.7. The van der Waals surface area contributed by atoms with Crippen molar-refractivity contribution in [1.82, 2.24) is 4.57 Å². The maximum Gasteiger partial charge on any atom is 0.279 e. The molecule has 4 rings (SSSR count). The third-order valence-electron chi connectivity index (χ3n) is 4.64. The van der Waals surface area contributed by atoms with Crippen molar-refractivity contribution in [2.24, 2.45) is 4.99 Å². The average Bonchev–Trinajstić information content (AvgIpc) is 3.08. The zero-order chi connectivity index (χ0) is 20.9. The van der Waals surface area contributed by atoms with Crippen LogP contribution in [0.1, 0.15) is 30.1 Å². The molecule has 30 heavy (non-hydrogen) atoms. The number of benzene rings is 2. The van der Waals surface area contributed by atoms with E-state index in [9.17, 15) is 4.79 Å². The molecule has 1 amide bonds. The van der Waals surface area contributed by atoms with E-state index in [1.807, 2.05) is 22.8 Å². The molecule has 0 saturated heterocycles. The number of aromatic nitrogens is 1. The Morgan fingerprint density at radius 1 is 1.27 bits per heavy atom. The second kappa shape index (κ2) is 9.06. The van der Waals surface area contributed by atoms with Gasteiger partial charge in [-0.25, -0.2) is 0 Å².